The molecule has 0 radical (unpaired) electrons. The lowest BCUT2D eigenvalue weighted by atomic mass is 10.2. The summed E-state index contributed by atoms with van der Waals surface area (Å²) in [5.41, 5.74) is 1.29. The van der Waals surface area contributed by atoms with Gasteiger partial charge in [0.15, 0.2) is 0 Å². The fourth-order valence-corrected chi connectivity index (χ4v) is 0.838. The number of hydrogen-bond acceptors (Lipinski definition) is 1. The fraction of sp³-hybridized carbons (Fsp3) is 0.222. The Morgan fingerprint density at radius 1 is 1.58 bits per heavy atom. The second-order valence-corrected chi connectivity index (χ2v) is 2.82. The molecule has 0 fully saturated rings. The molecule has 0 aromatic carbocycles. The molecule has 0 saturated carbocycles. The Bertz CT molecular complexity index is 239. The van der Waals surface area contributed by atoms with Crippen LogP contribution < -0.4 is 0 Å². The van der Waals surface area contributed by atoms with Crippen molar-refractivity contribution in [3.05, 3.63) is 36.0 Å². The van der Waals surface area contributed by atoms with Crippen LogP contribution in [0, 0.1) is 0 Å². The van der Waals surface area contributed by atoms with Gasteiger partial charge < -0.3 is 0 Å². The predicted molar refractivity (Wildman–Crippen MR) is 53.6 cm³/mol. The second kappa shape index (κ2) is 6.04. The van der Waals surface area contributed by atoms with E-state index in [-0.39, 0.29) is 0 Å². The molecule has 0 spiro atoms. The van der Waals surface area contributed by atoms with Crippen molar-refractivity contribution in [1.82, 2.24) is 0 Å². The van der Waals surface area contributed by atoms with Gasteiger partial charge in [-0.05, 0) is 24.1 Å². The van der Waals surface area contributed by atoms with Crippen LogP contribution in [0.1, 0.15) is 6.92 Å². The first-order chi connectivity index (χ1) is 5.61. The van der Waals surface area contributed by atoms with Gasteiger partial charge >= 0.3 is 0 Å². The number of rotatable bonds is 4. The number of hydrogen-bond donors (Lipinski definition) is 0. The Morgan fingerprint density at radius 2 is 2.17 bits per heavy atom. The number of carbonyl (C=O) groups excluding carboxylic acids is 1. The average molecular weight is 205 g/mol. The molecule has 0 heterocycles. The monoisotopic (exact) mass is 204 g/mol. The lowest BCUT2D eigenvalue weighted by Crippen LogP contribution is -1.89. The summed E-state index contributed by atoms with van der Waals surface area (Å²) in [6.45, 7) is 5.16. The second-order valence-electron chi connectivity index (χ2n) is 2.21. The summed E-state index contributed by atoms with van der Waals surface area (Å²) < 4.78 is 0. The zero-order chi connectivity index (χ0) is 9.56. The average Bonchev–Trinajstić information content (AvgIpc) is 2.03. The molecular weight excluding hydrogens is 195 g/mol. The molecule has 0 unspecified atom stereocenters. The highest BCUT2D eigenvalue weighted by molar-refractivity contribution is 6.67. The maximum Gasteiger partial charge on any atom is 0.248 e. The van der Waals surface area contributed by atoms with E-state index in [1.165, 1.54) is 0 Å². The van der Waals surface area contributed by atoms with Gasteiger partial charge in [0.05, 0.1) is 0 Å². The molecule has 1 nitrogen and oxygen atoms in total. The van der Waals surface area contributed by atoms with Crippen molar-refractivity contribution in [2.75, 3.05) is 5.88 Å². The van der Waals surface area contributed by atoms with E-state index in [1.807, 2.05) is 0 Å². The maximum atomic E-state index is 10.6. The molecule has 0 aromatic heterocycles. The number of allylic oxidation sites excluding steroid dienone is 5. The van der Waals surface area contributed by atoms with E-state index in [2.05, 4.69) is 6.58 Å². The topological polar surface area (TPSA) is 17.1 Å². The van der Waals surface area contributed by atoms with Crippen LogP contribution in [-0.4, -0.2) is 11.1 Å². The number of carbonyl (C=O) groups is 1. The molecule has 0 atom stereocenters. The van der Waals surface area contributed by atoms with E-state index in [4.69, 9.17) is 23.2 Å². The molecule has 12 heavy (non-hydrogen) atoms. The van der Waals surface area contributed by atoms with Crippen molar-refractivity contribution in [2.45, 2.75) is 6.92 Å². The Morgan fingerprint density at radius 3 is 2.50 bits per heavy atom. The summed E-state index contributed by atoms with van der Waals surface area (Å²) in [4.78, 5) is 10.6. The SMILES string of the molecule is C=C/C=C(\C=C(/C)C(=O)Cl)CCl. The molecule has 0 aliphatic rings. The molecule has 0 N–H and O–H groups in total. The van der Waals surface area contributed by atoms with Crippen LogP contribution in [0.5, 0.6) is 0 Å². The zero-order valence-corrected chi connectivity index (χ0v) is 8.32. The minimum Gasteiger partial charge on any atom is -0.276 e. The van der Waals surface area contributed by atoms with E-state index in [0.29, 0.717) is 11.5 Å². The minimum atomic E-state index is -0.463. The summed E-state index contributed by atoms with van der Waals surface area (Å²) in [6, 6.07) is 0. The smallest absolute Gasteiger partial charge is 0.248 e. The third-order valence-corrected chi connectivity index (χ3v) is 1.80. The van der Waals surface area contributed by atoms with E-state index in [0.717, 1.165) is 5.57 Å². The summed E-state index contributed by atoms with van der Waals surface area (Å²) in [7, 11) is 0. The van der Waals surface area contributed by atoms with Crippen molar-refractivity contribution in [1.29, 1.82) is 0 Å². The molecule has 0 aliphatic heterocycles. The molecule has 66 valence electrons. The molecule has 0 aromatic rings. The van der Waals surface area contributed by atoms with Crippen molar-refractivity contribution in [3.8, 4) is 0 Å². The van der Waals surface area contributed by atoms with Gasteiger partial charge in [0.2, 0.25) is 5.24 Å². The van der Waals surface area contributed by atoms with Crippen LogP contribution in [0.3, 0.4) is 0 Å². The van der Waals surface area contributed by atoms with Crippen molar-refractivity contribution in [3.63, 3.8) is 0 Å². The molecular formula is C9H10Cl2O. The molecule has 0 amide bonds. The highest BCUT2D eigenvalue weighted by Gasteiger charge is 1.99. The first kappa shape index (κ1) is 11.5. The van der Waals surface area contributed by atoms with Crippen LogP contribution in [0.25, 0.3) is 0 Å². The van der Waals surface area contributed by atoms with Crippen LogP contribution in [0.15, 0.2) is 36.0 Å². The standard InChI is InChI=1S/C9H10Cl2O/c1-3-4-8(6-10)5-7(2)9(11)12/h3-5H,1,6H2,2H3/b7-5+,8-4+. The molecule has 0 bridgehead atoms. The van der Waals surface area contributed by atoms with Gasteiger partial charge in [-0.2, -0.15) is 0 Å². The van der Waals surface area contributed by atoms with E-state index < -0.39 is 5.24 Å². The van der Waals surface area contributed by atoms with Gasteiger partial charge in [0.25, 0.3) is 0 Å². The van der Waals surface area contributed by atoms with Crippen LogP contribution >= 0.6 is 23.2 Å². The summed E-state index contributed by atoms with van der Waals surface area (Å²) in [6.07, 6.45) is 4.99. The van der Waals surface area contributed by atoms with Crippen molar-refractivity contribution >= 4 is 28.4 Å². The van der Waals surface area contributed by atoms with Gasteiger partial charge in [0.1, 0.15) is 0 Å². The van der Waals surface area contributed by atoms with E-state index >= 15 is 0 Å². The van der Waals surface area contributed by atoms with Crippen LogP contribution in [0.4, 0.5) is 0 Å². The van der Waals surface area contributed by atoms with Gasteiger partial charge in [-0.15, -0.1) is 11.6 Å². The van der Waals surface area contributed by atoms with Gasteiger partial charge in [0, 0.05) is 11.5 Å². The quantitative estimate of drug-likeness (QED) is 0.298. The third-order valence-electron chi connectivity index (χ3n) is 1.20. The Balaban J connectivity index is 4.57. The van der Waals surface area contributed by atoms with Crippen molar-refractivity contribution in [2.24, 2.45) is 0 Å². The summed E-state index contributed by atoms with van der Waals surface area (Å²) in [5.74, 6) is 0.341. The van der Waals surface area contributed by atoms with Gasteiger partial charge in [-0.25, -0.2) is 0 Å². The summed E-state index contributed by atoms with van der Waals surface area (Å²) in [5, 5.41) is -0.463. The highest BCUT2D eigenvalue weighted by atomic mass is 35.5. The largest absolute Gasteiger partial charge is 0.276 e. The molecule has 0 saturated heterocycles. The molecule has 0 rings (SSSR count). The lowest BCUT2D eigenvalue weighted by molar-refractivity contribution is -0.108. The van der Waals surface area contributed by atoms with Gasteiger partial charge in [-0.3, -0.25) is 4.79 Å². The number of alkyl halides is 1. The normalized spacial score (nSPS) is 12.9. The first-order valence-electron chi connectivity index (χ1n) is 3.37. The fourth-order valence-electron chi connectivity index (χ4n) is 0.617. The summed E-state index contributed by atoms with van der Waals surface area (Å²) >= 11 is 10.8. The van der Waals surface area contributed by atoms with Crippen LogP contribution in [-0.2, 0) is 4.79 Å². The Labute approximate surface area is 82.4 Å². The minimum absolute atomic E-state index is 0.341. The van der Waals surface area contributed by atoms with Crippen LogP contribution in [0.2, 0.25) is 0 Å². The van der Waals surface area contributed by atoms with E-state index in [1.54, 1.807) is 25.2 Å². The van der Waals surface area contributed by atoms with E-state index in [9.17, 15) is 4.79 Å². The number of halogens is 2. The zero-order valence-electron chi connectivity index (χ0n) is 6.81. The predicted octanol–water partition coefficient (Wildman–Crippen LogP) is 3.05. The van der Waals surface area contributed by atoms with Crippen molar-refractivity contribution < 1.29 is 4.79 Å². The molecule has 3 heteroatoms. The van der Waals surface area contributed by atoms with Gasteiger partial charge in [-0.1, -0.05) is 24.8 Å². The maximum absolute atomic E-state index is 10.6. The lowest BCUT2D eigenvalue weighted by Gasteiger charge is -1.95. The first-order valence-corrected chi connectivity index (χ1v) is 4.28. The molecule has 0 aliphatic carbocycles. The Kier molecular flexibility index (Phi) is 5.77. The third kappa shape index (κ3) is 4.37. The Hall–Kier alpha value is -0.530. The highest BCUT2D eigenvalue weighted by Crippen LogP contribution is 2.07.